The first kappa shape index (κ1) is 15.6. The SMILES string of the molecule is CCOC(=O)COc1cc(OC(F)(F)F)ccc1Br. The molecule has 8 heteroatoms. The maximum atomic E-state index is 12.0. The van der Waals surface area contributed by atoms with Crippen LogP contribution in [0.2, 0.25) is 0 Å². The Hall–Kier alpha value is -1.44. The lowest BCUT2D eigenvalue weighted by Crippen LogP contribution is -2.17. The van der Waals surface area contributed by atoms with E-state index in [1.807, 2.05) is 0 Å². The van der Waals surface area contributed by atoms with E-state index in [-0.39, 0.29) is 12.4 Å². The summed E-state index contributed by atoms with van der Waals surface area (Å²) in [6.45, 7) is 1.42. The van der Waals surface area contributed by atoms with Gasteiger partial charge in [-0.2, -0.15) is 0 Å². The van der Waals surface area contributed by atoms with E-state index >= 15 is 0 Å². The van der Waals surface area contributed by atoms with Crippen LogP contribution in [0.5, 0.6) is 11.5 Å². The van der Waals surface area contributed by atoms with Crippen molar-refractivity contribution in [2.45, 2.75) is 13.3 Å². The van der Waals surface area contributed by atoms with Gasteiger partial charge in [-0.15, -0.1) is 13.2 Å². The second-order valence-electron chi connectivity index (χ2n) is 3.23. The number of rotatable bonds is 5. The van der Waals surface area contributed by atoms with Crippen LogP contribution < -0.4 is 9.47 Å². The van der Waals surface area contributed by atoms with Gasteiger partial charge in [0, 0.05) is 6.07 Å². The molecule has 0 unspecified atom stereocenters. The average molecular weight is 343 g/mol. The fourth-order valence-electron chi connectivity index (χ4n) is 1.13. The average Bonchev–Trinajstić information content (AvgIpc) is 2.28. The third kappa shape index (κ3) is 5.82. The van der Waals surface area contributed by atoms with Crippen LogP contribution in [0.1, 0.15) is 6.92 Å². The Morgan fingerprint density at radius 1 is 1.37 bits per heavy atom. The molecule has 1 aromatic rings. The number of halogens is 4. The zero-order valence-corrected chi connectivity index (χ0v) is 11.4. The Balaban J connectivity index is 2.72. The minimum absolute atomic E-state index is 0.0507. The largest absolute Gasteiger partial charge is 0.573 e. The summed E-state index contributed by atoms with van der Waals surface area (Å²) in [5.41, 5.74) is 0. The molecule has 0 radical (unpaired) electrons. The molecule has 106 valence electrons. The molecular formula is C11H10BrF3O4. The van der Waals surface area contributed by atoms with Crippen molar-refractivity contribution in [3.8, 4) is 11.5 Å². The summed E-state index contributed by atoms with van der Waals surface area (Å²) < 4.78 is 49.9. The number of hydrogen-bond donors (Lipinski definition) is 0. The molecule has 0 heterocycles. The lowest BCUT2D eigenvalue weighted by molar-refractivity contribution is -0.274. The summed E-state index contributed by atoms with van der Waals surface area (Å²) in [4.78, 5) is 11.1. The highest BCUT2D eigenvalue weighted by atomic mass is 79.9. The first-order chi connectivity index (χ1) is 8.81. The van der Waals surface area contributed by atoms with Gasteiger partial charge in [0.15, 0.2) is 6.61 Å². The summed E-state index contributed by atoms with van der Waals surface area (Å²) in [5, 5.41) is 0. The lowest BCUT2D eigenvalue weighted by atomic mass is 10.3. The number of carbonyl (C=O) groups excluding carboxylic acids is 1. The van der Waals surface area contributed by atoms with Gasteiger partial charge in [-0.3, -0.25) is 0 Å². The van der Waals surface area contributed by atoms with Gasteiger partial charge < -0.3 is 14.2 Å². The van der Waals surface area contributed by atoms with Crippen molar-refractivity contribution in [1.29, 1.82) is 0 Å². The molecule has 0 aliphatic heterocycles. The molecule has 19 heavy (non-hydrogen) atoms. The second-order valence-corrected chi connectivity index (χ2v) is 4.09. The molecule has 0 N–H and O–H groups in total. The van der Waals surface area contributed by atoms with E-state index in [0.29, 0.717) is 4.47 Å². The molecule has 0 aliphatic carbocycles. The number of alkyl halides is 3. The van der Waals surface area contributed by atoms with Gasteiger partial charge in [0.1, 0.15) is 11.5 Å². The fraction of sp³-hybridized carbons (Fsp3) is 0.364. The number of carbonyl (C=O) groups is 1. The molecule has 0 amide bonds. The summed E-state index contributed by atoms with van der Waals surface area (Å²) in [5.74, 6) is -0.999. The number of ether oxygens (including phenoxy) is 3. The minimum Gasteiger partial charge on any atom is -0.481 e. The fourth-order valence-corrected chi connectivity index (χ4v) is 1.49. The van der Waals surface area contributed by atoms with Gasteiger partial charge in [0.05, 0.1) is 11.1 Å². The van der Waals surface area contributed by atoms with E-state index in [2.05, 4.69) is 25.4 Å². The third-order valence-corrected chi connectivity index (χ3v) is 2.44. The minimum atomic E-state index is -4.79. The summed E-state index contributed by atoms with van der Waals surface area (Å²) in [7, 11) is 0. The highest BCUT2D eigenvalue weighted by molar-refractivity contribution is 9.10. The van der Waals surface area contributed by atoms with E-state index in [9.17, 15) is 18.0 Å². The highest BCUT2D eigenvalue weighted by Crippen LogP contribution is 2.32. The Kier molecular flexibility index (Phi) is 5.46. The van der Waals surface area contributed by atoms with E-state index < -0.39 is 24.7 Å². The van der Waals surface area contributed by atoms with Gasteiger partial charge in [-0.05, 0) is 35.0 Å². The molecule has 0 saturated carbocycles. The molecule has 1 rings (SSSR count). The summed E-state index contributed by atoms with van der Waals surface area (Å²) in [6.07, 6.45) is -4.79. The van der Waals surface area contributed by atoms with Crippen LogP contribution in [0.4, 0.5) is 13.2 Å². The molecule has 0 spiro atoms. The van der Waals surface area contributed by atoms with Crippen LogP contribution in [-0.4, -0.2) is 25.5 Å². The van der Waals surface area contributed by atoms with Crippen molar-refractivity contribution in [3.63, 3.8) is 0 Å². The van der Waals surface area contributed by atoms with Gasteiger partial charge in [-0.25, -0.2) is 4.79 Å². The highest BCUT2D eigenvalue weighted by Gasteiger charge is 2.31. The van der Waals surface area contributed by atoms with Crippen LogP contribution in [0.15, 0.2) is 22.7 Å². The molecule has 0 aromatic heterocycles. The lowest BCUT2D eigenvalue weighted by Gasteiger charge is -2.12. The number of esters is 1. The van der Waals surface area contributed by atoms with Crippen molar-refractivity contribution in [2.24, 2.45) is 0 Å². The van der Waals surface area contributed by atoms with Crippen LogP contribution in [-0.2, 0) is 9.53 Å². The van der Waals surface area contributed by atoms with Crippen LogP contribution in [0.25, 0.3) is 0 Å². The van der Waals surface area contributed by atoms with Crippen molar-refractivity contribution in [1.82, 2.24) is 0 Å². The standard InChI is InChI=1S/C11H10BrF3O4/c1-2-17-10(16)6-18-9-5-7(3-4-8(9)12)19-11(13,14)15/h3-5H,2,6H2,1H3. The predicted octanol–water partition coefficient (Wildman–Crippen LogP) is 3.29. The molecule has 0 bridgehead atoms. The number of hydrogen-bond acceptors (Lipinski definition) is 4. The monoisotopic (exact) mass is 342 g/mol. The smallest absolute Gasteiger partial charge is 0.481 e. The normalized spacial score (nSPS) is 11.0. The molecule has 0 aliphatic rings. The molecular weight excluding hydrogens is 333 g/mol. The van der Waals surface area contributed by atoms with Crippen molar-refractivity contribution in [3.05, 3.63) is 22.7 Å². The summed E-state index contributed by atoms with van der Waals surface area (Å²) in [6, 6.07) is 3.47. The van der Waals surface area contributed by atoms with Gasteiger partial charge in [-0.1, -0.05) is 0 Å². The van der Waals surface area contributed by atoms with Crippen molar-refractivity contribution in [2.75, 3.05) is 13.2 Å². The molecule has 0 saturated heterocycles. The molecule has 4 nitrogen and oxygen atoms in total. The van der Waals surface area contributed by atoms with E-state index in [1.165, 1.54) is 6.07 Å². The van der Waals surface area contributed by atoms with E-state index in [1.54, 1.807) is 6.92 Å². The van der Waals surface area contributed by atoms with Crippen LogP contribution >= 0.6 is 15.9 Å². The zero-order chi connectivity index (χ0) is 14.5. The zero-order valence-electron chi connectivity index (χ0n) is 9.79. The molecule has 0 fully saturated rings. The maximum Gasteiger partial charge on any atom is 0.573 e. The Bertz CT molecular complexity index is 448. The summed E-state index contributed by atoms with van der Waals surface area (Å²) >= 11 is 3.09. The second kappa shape index (κ2) is 6.65. The maximum absolute atomic E-state index is 12.0. The Morgan fingerprint density at radius 2 is 2.05 bits per heavy atom. The van der Waals surface area contributed by atoms with Crippen molar-refractivity contribution < 1.29 is 32.2 Å². The third-order valence-electron chi connectivity index (χ3n) is 1.79. The molecule has 1 aromatic carbocycles. The van der Waals surface area contributed by atoms with Crippen LogP contribution in [0.3, 0.4) is 0 Å². The van der Waals surface area contributed by atoms with Gasteiger partial charge in [0.2, 0.25) is 0 Å². The van der Waals surface area contributed by atoms with Gasteiger partial charge >= 0.3 is 12.3 Å². The first-order valence-corrected chi connectivity index (χ1v) is 5.95. The molecule has 0 atom stereocenters. The quantitative estimate of drug-likeness (QED) is 0.770. The topological polar surface area (TPSA) is 44.8 Å². The Labute approximate surface area is 115 Å². The Morgan fingerprint density at radius 3 is 2.63 bits per heavy atom. The number of benzene rings is 1. The van der Waals surface area contributed by atoms with Crippen molar-refractivity contribution >= 4 is 21.9 Å². The van der Waals surface area contributed by atoms with Crippen LogP contribution in [0, 0.1) is 0 Å². The first-order valence-electron chi connectivity index (χ1n) is 5.15. The van der Waals surface area contributed by atoms with Gasteiger partial charge in [0.25, 0.3) is 0 Å². The van der Waals surface area contributed by atoms with E-state index in [4.69, 9.17) is 4.74 Å². The predicted molar refractivity (Wildman–Crippen MR) is 63.0 cm³/mol. The van der Waals surface area contributed by atoms with E-state index in [0.717, 1.165) is 12.1 Å².